The Hall–Kier alpha value is -1.000. The number of nitrogens with zero attached hydrogens (tertiary/aromatic N) is 1. The predicted octanol–water partition coefficient (Wildman–Crippen LogP) is 1.91. The third-order valence-electron chi connectivity index (χ3n) is 3.03. The van der Waals surface area contributed by atoms with Gasteiger partial charge < -0.3 is 10.2 Å². The van der Waals surface area contributed by atoms with Gasteiger partial charge in [-0.2, -0.15) is 0 Å². The minimum Gasteiger partial charge on any atom is -0.319 e. The van der Waals surface area contributed by atoms with E-state index in [0.29, 0.717) is 0 Å². The molecule has 1 amide bonds. The lowest BCUT2D eigenvalue weighted by Gasteiger charge is -2.29. The second kappa shape index (κ2) is 5.10. The molecule has 4 heteroatoms. The number of anilines is 1. The number of carbonyl (C=O) groups is 1. The molecule has 0 bridgehead atoms. The highest BCUT2D eigenvalue weighted by molar-refractivity contribution is 8.00. The van der Waals surface area contributed by atoms with Crippen LogP contribution in [0.5, 0.6) is 0 Å². The lowest BCUT2D eigenvalue weighted by molar-refractivity contribution is -0.117. The zero-order valence-electron chi connectivity index (χ0n) is 10.5. The first kappa shape index (κ1) is 12.5. The first-order valence-electron chi connectivity index (χ1n) is 5.85. The number of likely N-dealkylation sites (N-methyl/N-ethyl adjacent to an activating group) is 1. The van der Waals surface area contributed by atoms with E-state index in [9.17, 15) is 4.79 Å². The van der Waals surface area contributed by atoms with Crippen molar-refractivity contribution in [2.24, 2.45) is 0 Å². The number of carbonyl (C=O) groups excluding carboxylic acids is 1. The highest BCUT2D eigenvalue weighted by Gasteiger charge is 2.27. The van der Waals surface area contributed by atoms with Crippen molar-refractivity contribution in [3.63, 3.8) is 0 Å². The number of amides is 1. The molecule has 1 aliphatic heterocycles. The first-order chi connectivity index (χ1) is 8.13. The lowest BCUT2D eigenvalue weighted by Crippen LogP contribution is -2.36. The highest BCUT2D eigenvalue weighted by Crippen LogP contribution is 2.38. The van der Waals surface area contributed by atoms with Crippen molar-refractivity contribution in [1.82, 2.24) is 5.32 Å². The van der Waals surface area contributed by atoms with Crippen LogP contribution in [0.15, 0.2) is 23.1 Å². The molecule has 1 atom stereocenters. The van der Waals surface area contributed by atoms with Gasteiger partial charge in [0.1, 0.15) is 0 Å². The standard InChI is InChI=1S/C13H18N2OS/c1-9-13(16)15(3)11-8-10(6-7-14-2)4-5-12(11)17-9/h4-5,8-9,14H,6-7H2,1-3H3. The van der Waals surface area contributed by atoms with Gasteiger partial charge in [-0.05, 0) is 44.6 Å². The number of rotatable bonds is 3. The van der Waals surface area contributed by atoms with Gasteiger partial charge in [-0.15, -0.1) is 11.8 Å². The van der Waals surface area contributed by atoms with Crippen LogP contribution in [0.4, 0.5) is 5.69 Å². The average Bonchev–Trinajstić information content (AvgIpc) is 2.34. The largest absolute Gasteiger partial charge is 0.319 e. The number of fused-ring (bicyclic) bond motifs is 1. The van der Waals surface area contributed by atoms with Gasteiger partial charge in [-0.25, -0.2) is 0 Å². The van der Waals surface area contributed by atoms with Crippen molar-refractivity contribution in [2.45, 2.75) is 23.5 Å². The molecule has 0 spiro atoms. The minimum absolute atomic E-state index is 0.0238. The monoisotopic (exact) mass is 250 g/mol. The fraction of sp³-hybridized carbons (Fsp3) is 0.462. The van der Waals surface area contributed by atoms with Crippen LogP contribution in [-0.4, -0.2) is 31.8 Å². The molecule has 1 aromatic rings. The fourth-order valence-corrected chi connectivity index (χ4v) is 3.08. The van der Waals surface area contributed by atoms with Gasteiger partial charge in [0.25, 0.3) is 0 Å². The van der Waals surface area contributed by atoms with Crippen molar-refractivity contribution in [3.05, 3.63) is 23.8 Å². The maximum absolute atomic E-state index is 11.9. The second-order valence-corrected chi connectivity index (χ2v) is 5.70. The molecule has 0 fully saturated rings. The smallest absolute Gasteiger partial charge is 0.239 e. The van der Waals surface area contributed by atoms with Crippen molar-refractivity contribution >= 4 is 23.4 Å². The summed E-state index contributed by atoms with van der Waals surface area (Å²) in [7, 11) is 3.81. The summed E-state index contributed by atoms with van der Waals surface area (Å²) in [5.41, 5.74) is 2.32. The maximum atomic E-state index is 11.9. The molecule has 1 heterocycles. The topological polar surface area (TPSA) is 32.3 Å². The molecular formula is C13H18N2OS. The van der Waals surface area contributed by atoms with Crippen LogP contribution in [0.1, 0.15) is 12.5 Å². The number of thioether (sulfide) groups is 1. The molecule has 0 radical (unpaired) electrons. The summed E-state index contributed by atoms with van der Waals surface area (Å²) in [6, 6.07) is 6.41. The average molecular weight is 250 g/mol. The molecule has 1 aliphatic rings. The number of hydrogen-bond donors (Lipinski definition) is 1. The van der Waals surface area contributed by atoms with E-state index < -0.39 is 0 Å². The Bertz CT molecular complexity index is 433. The quantitative estimate of drug-likeness (QED) is 0.889. The summed E-state index contributed by atoms with van der Waals surface area (Å²) in [6.45, 7) is 2.92. The Kier molecular flexibility index (Phi) is 3.74. The van der Waals surface area contributed by atoms with Gasteiger partial charge in [-0.1, -0.05) is 6.07 Å². The Balaban J connectivity index is 2.28. The van der Waals surface area contributed by atoms with Crippen LogP contribution in [0.2, 0.25) is 0 Å². The molecule has 0 saturated carbocycles. The lowest BCUT2D eigenvalue weighted by atomic mass is 10.1. The SMILES string of the molecule is CNCCc1ccc2c(c1)N(C)C(=O)C(C)S2. The first-order valence-corrected chi connectivity index (χ1v) is 6.73. The molecular weight excluding hydrogens is 232 g/mol. The van der Waals surface area contributed by atoms with Gasteiger partial charge >= 0.3 is 0 Å². The van der Waals surface area contributed by atoms with Crippen LogP contribution in [0, 0.1) is 0 Å². The summed E-state index contributed by atoms with van der Waals surface area (Å²) in [5, 5.41) is 3.16. The normalized spacial score (nSPS) is 19.4. The summed E-state index contributed by atoms with van der Waals surface area (Å²) in [5.74, 6) is 0.188. The van der Waals surface area contributed by atoms with E-state index in [1.54, 1.807) is 16.7 Å². The molecule has 3 nitrogen and oxygen atoms in total. The molecule has 1 aromatic carbocycles. The molecule has 2 rings (SSSR count). The third kappa shape index (κ3) is 2.48. The molecule has 92 valence electrons. The van der Waals surface area contributed by atoms with Gasteiger partial charge in [0.15, 0.2) is 0 Å². The zero-order chi connectivity index (χ0) is 12.4. The van der Waals surface area contributed by atoms with E-state index in [2.05, 4.69) is 23.5 Å². The van der Waals surface area contributed by atoms with Crippen LogP contribution in [0.25, 0.3) is 0 Å². The summed E-state index contributed by atoms with van der Waals surface area (Å²) < 4.78 is 0. The number of hydrogen-bond acceptors (Lipinski definition) is 3. The van der Waals surface area contributed by atoms with E-state index in [0.717, 1.165) is 18.7 Å². The number of nitrogens with one attached hydrogen (secondary N) is 1. The summed E-state index contributed by atoms with van der Waals surface area (Å²) in [6.07, 6.45) is 0.992. The third-order valence-corrected chi connectivity index (χ3v) is 4.18. The van der Waals surface area contributed by atoms with Crippen LogP contribution >= 0.6 is 11.8 Å². The van der Waals surface area contributed by atoms with Crippen LogP contribution in [0.3, 0.4) is 0 Å². The predicted molar refractivity (Wildman–Crippen MR) is 72.8 cm³/mol. The number of benzene rings is 1. The van der Waals surface area contributed by atoms with E-state index >= 15 is 0 Å². The minimum atomic E-state index is 0.0238. The van der Waals surface area contributed by atoms with E-state index in [1.165, 1.54) is 10.5 Å². The molecule has 0 saturated heterocycles. The van der Waals surface area contributed by atoms with Gasteiger partial charge in [-0.3, -0.25) is 4.79 Å². The highest BCUT2D eigenvalue weighted by atomic mass is 32.2. The van der Waals surface area contributed by atoms with E-state index in [4.69, 9.17) is 0 Å². The molecule has 1 N–H and O–H groups in total. The summed E-state index contributed by atoms with van der Waals surface area (Å²) in [4.78, 5) is 14.9. The van der Waals surface area contributed by atoms with Gasteiger partial charge in [0.2, 0.25) is 5.91 Å². The van der Waals surface area contributed by atoms with Crippen molar-refractivity contribution < 1.29 is 4.79 Å². The van der Waals surface area contributed by atoms with Crippen molar-refractivity contribution in [2.75, 3.05) is 25.5 Å². The Labute approximate surface area is 107 Å². The summed E-state index contributed by atoms with van der Waals surface area (Å²) >= 11 is 1.65. The van der Waals surface area contributed by atoms with Gasteiger partial charge in [0, 0.05) is 11.9 Å². The molecule has 17 heavy (non-hydrogen) atoms. The van der Waals surface area contributed by atoms with E-state index in [-0.39, 0.29) is 11.2 Å². The van der Waals surface area contributed by atoms with Crippen molar-refractivity contribution in [3.8, 4) is 0 Å². The second-order valence-electron chi connectivity index (χ2n) is 4.31. The fourth-order valence-electron chi connectivity index (χ4n) is 1.98. The maximum Gasteiger partial charge on any atom is 0.239 e. The Morgan fingerprint density at radius 3 is 2.94 bits per heavy atom. The Morgan fingerprint density at radius 2 is 2.24 bits per heavy atom. The van der Waals surface area contributed by atoms with E-state index in [1.807, 2.05) is 21.0 Å². The molecule has 1 unspecified atom stereocenters. The molecule has 0 aromatic heterocycles. The molecule has 0 aliphatic carbocycles. The Morgan fingerprint density at radius 1 is 1.47 bits per heavy atom. The zero-order valence-corrected chi connectivity index (χ0v) is 11.3. The van der Waals surface area contributed by atoms with Crippen LogP contribution in [-0.2, 0) is 11.2 Å². The van der Waals surface area contributed by atoms with Crippen molar-refractivity contribution in [1.29, 1.82) is 0 Å². The van der Waals surface area contributed by atoms with Gasteiger partial charge in [0.05, 0.1) is 10.9 Å². The van der Waals surface area contributed by atoms with Crippen LogP contribution < -0.4 is 10.2 Å².